The fourth-order valence-corrected chi connectivity index (χ4v) is 2.85. The SMILES string of the molecule is Cc1c(C(C)NC(=O)c2[nH]c3ccccc3c2Cl)cnn1C. The van der Waals surface area contributed by atoms with Crippen molar-refractivity contribution in [2.75, 3.05) is 0 Å². The molecule has 3 rings (SSSR count). The van der Waals surface area contributed by atoms with Crippen LogP contribution in [0, 0.1) is 6.92 Å². The third-order valence-electron chi connectivity index (χ3n) is 3.96. The largest absolute Gasteiger partial charge is 0.349 e. The second-order valence-corrected chi connectivity index (χ2v) is 5.74. The minimum absolute atomic E-state index is 0.149. The Morgan fingerprint density at radius 2 is 2.14 bits per heavy atom. The van der Waals surface area contributed by atoms with E-state index in [2.05, 4.69) is 15.4 Å². The molecule has 114 valence electrons. The van der Waals surface area contributed by atoms with Crippen molar-refractivity contribution in [3.05, 3.63) is 52.4 Å². The van der Waals surface area contributed by atoms with Gasteiger partial charge in [0, 0.05) is 29.2 Å². The molecular weight excluding hydrogens is 300 g/mol. The van der Waals surface area contributed by atoms with Crippen molar-refractivity contribution in [3.8, 4) is 0 Å². The molecule has 2 heterocycles. The average Bonchev–Trinajstić information content (AvgIpc) is 3.01. The minimum atomic E-state index is -0.225. The van der Waals surface area contributed by atoms with E-state index in [1.165, 1.54) is 0 Å². The number of benzene rings is 1. The van der Waals surface area contributed by atoms with E-state index in [-0.39, 0.29) is 11.9 Å². The molecule has 3 aromatic rings. The minimum Gasteiger partial charge on any atom is -0.349 e. The van der Waals surface area contributed by atoms with Crippen molar-refractivity contribution in [1.29, 1.82) is 0 Å². The Balaban J connectivity index is 1.87. The highest BCUT2D eigenvalue weighted by Crippen LogP contribution is 2.27. The summed E-state index contributed by atoms with van der Waals surface area (Å²) < 4.78 is 1.79. The van der Waals surface area contributed by atoms with Crippen LogP contribution in [0.2, 0.25) is 5.02 Å². The zero-order valence-electron chi connectivity index (χ0n) is 12.6. The van der Waals surface area contributed by atoms with Crippen molar-refractivity contribution in [1.82, 2.24) is 20.1 Å². The number of aromatic amines is 1. The summed E-state index contributed by atoms with van der Waals surface area (Å²) in [5.41, 5.74) is 3.25. The topological polar surface area (TPSA) is 62.7 Å². The number of hydrogen-bond acceptors (Lipinski definition) is 2. The van der Waals surface area contributed by atoms with Crippen molar-refractivity contribution in [3.63, 3.8) is 0 Å². The maximum Gasteiger partial charge on any atom is 0.269 e. The number of carbonyl (C=O) groups excluding carboxylic acids is 1. The lowest BCUT2D eigenvalue weighted by molar-refractivity contribution is 0.0936. The molecule has 0 spiro atoms. The van der Waals surface area contributed by atoms with Gasteiger partial charge in [-0.25, -0.2) is 0 Å². The number of fused-ring (bicyclic) bond motifs is 1. The number of nitrogens with one attached hydrogen (secondary N) is 2. The number of halogens is 1. The maximum absolute atomic E-state index is 12.5. The predicted molar refractivity (Wildman–Crippen MR) is 87.1 cm³/mol. The first-order chi connectivity index (χ1) is 10.5. The van der Waals surface area contributed by atoms with Gasteiger partial charge in [0.2, 0.25) is 0 Å². The molecule has 0 aliphatic rings. The number of aromatic nitrogens is 3. The number of rotatable bonds is 3. The molecule has 0 aliphatic carbocycles. The molecule has 2 N–H and O–H groups in total. The third kappa shape index (κ3) is 2.37. The fourth-order valence-electron chi connectivity index (χ4n) is 2.55. The molecule has 0 bridgehead atoms. The summed E-state index contributed by atoms with van der Waals surface area (Å²) in [6, 6.07) is 7.43. The van der Waals surface area contributed by atoms with Gasteiger partial charge in [-0.15, -0.1) is 0 Å². The van der Waals surface area contributed by atoms with Crippen molar-refractivity contribution in [2.45, 2.75) is 19.9 Å². The molecule has 6 heteroatoms. The quantitative estimate of drug-likeness (QED) is 0.778. The van der Waals surface area contributed by atoms with E-state index in [1.807, 2.05) is 45.2 Å². The Bertz CT molecular complexity index is 849. The first kappa shape index (κ1) is 14.7. The fraction of sp³-hybridized carbons (Fsp3) is 0.250. The lowest BCUT2D eigenvalue weighted by atomic mass is 10.1. The van der Waals surface area contributed by atoms with Crippen LogP contribution in [0.25, 0.3) is 10.9 Å². The highest BCUT2D eigenvalue weighted by atomic mass is 35.5. The second-order valence-electron chi connectivity index (χ2n) is 5.36. The van der Waals surface area contributed by atoms with Crippen molar-refractivity contribution in [2.24, 2.45) is 7.05 Å². The first-order valence-electron chi connectivity index (χ1n) is 7.04. The summed E-state index contributed by atoms with van der Waals surface area (Å²) in [5.74, 6) is -0.225. The van der Waals surface area contributed by atoms with Gasteiger partial charge in [0.25, 0.3) is 5.91 Å². The number of aryl methyl sites for hydroxylation is 1. The van der Waals surface area contributed by atoms with E-state index < -0.39 is 0 Å². The predicted octanol–water partition coefficient (Wildman–Crippen LogP) is 3.35. The number of carbonyl (C=O) groups is 1. The molecule has 22 heavy (non-hydrogen) atoms. The summed E-state index contributed by atoms with van der Waals surface area (Å²) in [4.78, 5) is 15.6. The summed E-state index contributed by atoms with van der Waals surface area (Å²) in [7, 11) is 1.88. The molecule has 1 atom stereocenters. The lowest BCUT2D eigenvalue weighted by Gasteiger charge is -2.13. The van der Waals surface area contributed by atoms with Crippen LogP contribution in [0.4, 0.5) is 0 Å². The Labute approximate surface area is 133 Å². The van der Waals surface area contributed by atoms with Crippen molar-refractivity contribution >= 4 is 28.4 Å². The Morgan fingerprint density at radius 1 is 1.41 bits per heavy atom. The van der Waals surface area contributed by atoms with Crippen LogP contribution >= 0.6 is 11.6 Å². The first-order valence-corrected chi connectivity index (χ1v) is 7.42. The summed E-state index contributed by atoms with van der Waals surface area (Å²) >= 11 is 6.31. The van der Waals surface area contributed by atoms with Crippen molar-refractivity contribution < 1.29 is 4.79 Å². The van der Waals surface area contributed by atoms with Crippen LogP contribution in [0.15, 0.2) is 30.5 Å². The summed E-state index contributed by atoms with van der Waals surface area (Å²) in [6.45, 7) is 3.90. The molecular formula is C16H17ClN4O. The van der Waals surface area contributed by atoms with Crippen LogP contribution in [0.5, 0.6) is 0 Å². The second kappa shape index (κ2) is 5.50. The smallest absolute Gasteiger partial charge is 0.269 e. The van der Waals surface area contributed by atoms with Gasteiger partial charge in [-0.3, -0.25) is 9.48 Å². The highest BCUT2D eigenvalue weighted by Gasteiger charge is 2.20. The zero-order chi connectivity index (χ0) is 15.9. The monoisotopic (exact) mass is 316 g/mol. The molecule has 1 aromatic carbocycles. The molecule has 0 saturated carbocycles. The van der Waals surface area contributed by atoms with E-state index in [0.29, 0.717) is 10.7 Å². The van der Waals surface area contributed by atoms with Crippen LogP contribution < -0.4 is 5.32 Å². The van der Waals surface area contributed by atoms with Gasteiger partial charge in [0.05, 0.1) is 17.3 Å². The van der Waals surface area contributed by atoms with E-state index in [1.54, 1.807) is 10.9 Å². The Morgan fingerprint density at radius 3 is 2.77 bits per heavy atom. The number of H-pyrrole nitrogens is 1. The number of amides is 1. The molecule has 0 aliphatic heterocycles. The van der Waals surface area contributed by atoms with Gasteiger partial charge in [0.15, 0.2) is 0 Å². The lowest BCUT2D eigenvalue weighted by Crippen LogP contribution is -2.27. The number of nitrogens with zero attached hydrogens (tertiary/aromatic N) is 2. The molecule has 1 amide bonds. The Hall–Kier alpha value is -2.27. The summed E-state index contributed by atoms with van der Waals surface area (Å²) in [6.07, 6.45) is 1.77. The van der Waals surface area contributed by atoms with Gasteiger partial charge in [-0.1, -0.05) is 29.8 Å². The molecule has 0 fully saturated rings. The molecule has 2 aromatic heterocycles. The molecule has 1 unspecified atom stereocenters. The number of hydrogen-bond donors (Lipinski definition) is 2. The van der Waals surface area contributed by atoms with E-state index >= 15 is 0 Å². The van der Waals surface area contributed by atoms with Gasteiger partial charge in [0.1, 0.15) is 5.69 Å². The van der Waals surface area contributed by atoms with E-state index in [0.717, 1.165) is 22.2 Å². The Kier molecular flexibility index (Phi) is 3.66. The van der Waals surface area contributed by atoms with Gasteiger partial charge >= 0.3 is 0 Å². The average molecular weight is 317 g/mol. The molecule has 5 nitrogen and oxygen atoms in total. The summed E-state index contributed by atoms with van der Waals surface area (Å²) in [5, 5.41) is 8.46. The van der Waals surface area contributed by atoms with Gasteiger partial charge < -0.3 is 10.3 Å². The zero-order valence-corrected chi connectivity index (χ0v) is 13.4. The standard InChI is InChI=1S/C16H17ClN4O/c1-9(12-8-18-21(3)10(12)2)19-16(22)15-14(17)11-6-4-5-7-13(11)20-15/h4-9,20H,1-3H3,(H,19,22). The normalized spacial score (nSPS) is 12.5. The van der Waals surface area contributed by atoms with E-state index in [9.17, 15) is 4.79 Å². The van der Waals surface area contributed by atoms with Crippen LogP contribution in [-0.2, 0) is 7.05 Å². The maximum atomic E-state index is 12.5. The van der Waals surface area contributed by atoms with Crippen LogP contribution in [0.3, 0.4) is 0 Å². The van der Waals surface area contributed by atoms with Crippen LogP contribution in [-0.4, -0.2) is 20.7 Å². The van der Waals surface area contributed by atoms with Gasteiger partial charge in [-0.2, -0.15) is 5.10 Å². The third-order valence-corrected chi connectivity index (χ3v) is 4.35. The highest BCUT2D eigenvalue weighted by molar-refractivity contribution is 6.38. The van der Waals surface area contributed by atoms with Gasteiger partial charge in [-0.05, 0) is 19.9 Å². The molecule has 0 radical (unpaired) electrons. The molecule has 0 saturated heterocycles. The van der Waals surface area contributed by atoms with E-state index in [4.69, 9.17) is 11.6 Å². The number of para-hydroxylation sites is 1. The van der Waals surface area contributed by atoms with Crippen LogP contribution in [0.1, 0.15) is 34.7 Å².